The monoisotopic (exact) mass is 382 g/mol. The number of halogens is 1. The van der Waals surface area contributed by atoms with E-state index >= 15 is 0 Å². The van der Waals surface area contributed by atoms with Gasteiger partial charge in [0.2, 0.25) is 0 Å². The van der Waals surface area contributed by atoms with E-state index in [-0.39, 0.29) is 0 Å². The summed E-state index contributed by atoms with van der Waals surface area (Å²) in [6.45, 7) is 19.6. The molecule has 0 saturated carbocycles. The standard InChI is InChI=1S/C18H31BrSi2/c1-14(2)15(3)13-18(20(4,5)6)21(7,8)17-11-9-16(19)10-12-17/h9-14,18H,1-8H3/b15-13+. The average molecular weight is 384 g/mol. The van der Waals surface area contributed by atoms with E-state index in [1.165, 1.54) is 4.47 Å². The van der Waals surface area contributed by atoms with Crippen molar-refractivity contribution in [3.63, 3.8) is 0 Å². The summed E-state index contributed by atoms with van der Waals surface area (Å²) >= 11 is 3.56. The molecule has 0 fully saturated rings. The molecule has 118 valence electrons. The Morgan fingerprint density at radius 3 is 1.86 bits per heavy atom. The van der Waals surface area contributed by atoms with Crippen LogP contribution in [0.3, 0.4) is 0 Å². The third kappa shape index (κ3) is 4.93. The summed E-state index contributed by atoms with van der Waals surface area (Å²) in [7, 11) is -2.76. The first kappa shape index (κ1) is 18.9. The molecule has 1 aromatic rings. The third-order valence-corrected chi connectivity index (χ3v) is 15.5. The first-order chi connectivity index (χ1) is 9.46. The van der Waals surface area contributed by atoms with E-state index in [0.717, 1.165) is 5.16 Å². The summed E-state index contributed by atoms with van der Waals surface area (Å²) in [5.74, 6) is 0.651. The summed E-state index contributed by atoms with van der Waals surface area (Å²) in [5.41, 5.74) is 1.56. The van der Waals surface area contributed by atoms with Gasteiger partial charge in [-0.25, -0.2) is 0 Å². The molecule has 0 spiro atoms. The normalized spacial score (nSPS) is 15.4. The highest BCUT2D eigenvalue weighted by atomic mass is 79.9. The summed E-state index contributed by atoms with van der Waals surface area (Å²) in [6.07, 6.45) is 2.63. The zero-order chi connectivity index (χ0) is 16.4. The van der Waals surface area contributed by atoms with Crippen molar-refractivity contribution in [1.29, 1.82) is 0 Å². The maximum absolute atomic E-state index is 3.56. The van der Waals surface area contributed by atoms with Crippen molar-refractivity contribution < 1.29 is 0 Å². The first-order valence-corrected chi connectivity index (χ1v) is 15.4. The smallest absolute Gasteiger partial charge is 0.0847 e. The lowest BCUT2D eigenvalue weighted by Gasteiger charge is -2.40. The Morgan fingerprint density at radius 1 is 1.00 bits per heavy atom. The fraction of sp³-hybridized carbons (Fsp3) is 0.556. The molecule has 3 heteroatoms. The summed E-state index contributed by atoms with van der Waals surface area (Å²) in [5, 5.41) is 2.35. The Morgan fingerprint density at radius 2 is 1.48 bits per heavy atom. The van der Waals surface area contributed by atoms with E-state index in [4.69, 9.17) is 0 Å². The Hall–Kier alpha value is -0.126. The van der Waals surface area contributed by atoms with Gasteiger partial charge in [0.15, 0.2) is 0 Å². The van der Waals surface area contributed by atoms with Crippen molar-refractivity contribution in [3.8, 4) is 0 Å². The van der Waals surface area contributed by atoms with Crippen molar-refractivity contribution in [2.45, 2.75) is 58.7 Å². The fourth-order valence-electron chi connectivity index (χ4n) is 3.06. The molecule has 0 aliphatic rings. The van der Waals surface area contributed by atoms with Crippen LogP contribution in [0.25, 0.3) is 0 Å². The second kappa shape index (κ2) is 6.97. The van der Waals surface area contributed by atoms with Crippen molar-refractivity contribution >= 4 is 37.3 Å². The van der Waals surface area contributed by atoms with Crippen LogP contribution in [0.2, 0.25) is 37.9 Å². The third-order valence-electron chi connectivity index (χ3n) is 4.64. The number of hydrogen-bond acceptors (Lipinski definition) is 0. The van der Waals surface area contributed by atoms with Gasteiger partial charge in [0.05, 0.1) is 8.07 Å². The van der Waals surface area contributed by atoms with Gasteiger partial charge in [-0.1, -0.05) is 91.5 Å². The Labute approximate surface area is 142 Å². The van der Waals surface area contributed by atoms with Gasteiger partial charge < -0.3 is 0 Å². The van der Waals surface area contributed by atoms with Gasteiger partial charge in [-0.3, -0.25) is 0 Å². The quantitative estimate of drug-likeness (QED) is 0.419. The van der Waals surface area contributed by atoms with Gasteiger partial charge in [0.25, 0.3) is 0 Å². The van der Waals surface area contributed by atoms with Crippen molar-refractivity contribution in [3.05, 3.63) is 40.4 Å². The Kier molecular flexibility index (Phi) is 6.28. The molecule has 0 saturated heterocycles. The van der Waals surface area contributed by atoms with Crippen LogP contribution in [0.5, 0.6) is 0 Å². The molecule has 0 N–H and O–H groups in total. The average Bonchev–Trinajstić information content (AvgIpc) is 2.34. The predicted octanol–water partition coefficient (Wildman–Crippen LogP) is 6.21. The molecule has 1 rings (SSSR count). The Balaban J connectivity index is 3.30. The van der Waals surface area contributed by atoms with Gasteiger partial charge in [-0.15, -0.1) is 0 Å². The summed E-state index contributed by atoms with van der Waals surface area (Å²) in [6, 6.07) is 9.07. The van der Waals surface area contributed by atoms with Crippen LogP contribution in [0.4, 0.5) is 0 Å². The topological polar surface area (TPSA) is 0 Å². The van der Waals surface area contributed by atoms with Gasteiger partial charge >= 0.3 is 0 Å². The maximum atomic E-state index is 3.56. The molecule has 21 heavy (non-hydrogen) atoms. The van der Waals surface area contributed by atoms with Crippen LogP contribution in [-0.2, 0) is 0 Å². The largest absolute Gasteiger partial charge is 0.0872 e. The lowest BCUT2D eigenvalue weighted by atomic mass is 10.1. The SMILES string of the molecule is C/C(=C\C([Si](C)(C)C)[Si](C)(C)c1ccc(Br)cc1)C(C)C. The molecule has 1 aromatic carbocycles. The number of rotatable bonds is 5. The number of allylic oxidation sites excluding steroid dienone is 2. The molecule has 0 nitrogen and oxygen atoms in total. The fourth-order valence-corrected chi connectivity index (χ4v) is 15.3. The molecule has 1 atom stereocenters. The minimum absolute atomic E-state index is 0.651. The van der Waals surface area contributed by atoms with Crippen molar-refractivity contribution in [1.82, 2.24) is 0 Å². The van der Waals surface area contributed by atoms with E-state index in [1.807, 2.05) is 0 Å². The van der Waals surface area contributed by atoms with Crippen LogP contribution < -0.4 is 5.19 Å². The van der Waals surface area contributed by atoms with Crippen LogP contribution in [0.15, 0.2) is 40.4 Å². The highest BCUT2D eigenvalue weighted by Crippen LogP contribution is 2.35. The molecule has 0 radical (unpaired) electrons. The highest BCUT2D eigenvalue weighted by Gasteiger charge is 2.40. The lowest BCUT2D eigenvalue weighted by molar-refractivity contribution is 0.765. The maximum Gasteiger partial charge on any atom is 0.0847 e. The molecular formula is C18H31BrSi2. The first-order valence-electron chi connectivity index (χ1n) is 7.90. The molecule has 0 aliphatic heterocycles. The highest BCUT2D eigenvalue weighted by molar-refractivity contribution is 9.10. The molecule has 0 bridgehead atoms. The van der Waals surface area contributed by atoms with Crippen LogP contribution in [0.1, 0.15) is 20.8 Å². The molecule has 0 aliphatic carbocycles. The lowest BCUT2D eigenvalue weighted by Crippen LogP contribution is -2.53. The zero-order valence-corrected chi connectivity index (χ0v) is 18.5. The van der Waals surface area contributed by atoms with Crippen molar-refractivity contribution in [2.75, 3.05) is 0 Å². The van der Waals surface area contributed by atoms with Crippen molar-refractivity contribution in [2.24, 2.45) is 5.92 Å². The van der Waals surface area contributed by atoms with Gasteiger partial charge in [-0.05, 0) is 30.1 Å². The van der Waals surface area contributed by atoms with E-state index < -0.39 is 16.1 Å². The second-order valence-electron chi connectivity index (χ2n) is 8.14. The number of benzene rings is 1. The predicted molar refractivity (Wildman–Crippen MR) is 107 cm³/mol. The van der Waals surface area contributed by atoms with E-state index in [2.05, 4.69) is 99.8 Å². The van der Waals surface area contributed by atoms with Crippen LogP contribution in [-0.4, -0.2) is 16.1 Å². The van der Waals surface area contributed by atoms with Crippen LogP contribution >= 0.6 is 15.9 Å². The van der Waals surface area contributed by atoms with E-state index in [1.54, 1.807) is 10.8 Å². The second-order valence-corrected chi connectivity index (χ2v) is 19.6. The molecule has 0 amide bonds. The molecule has 1 unspecified atom stereocenters. The minimum atomic E-state index is -1.51. The zero-order valence-electron chi connectivity index (χ0n) is 14.9. The van der Waals surface area contributed by atoms with E-state index in [0.29, 0.717) is 5.92 Å². The number of hydrogen-bond donors (Lipinski definition) is 0. The minimum Gasteiger partial charge on any atom is -0.0872 e. The van der Waals surface area contributed by atoms with Crippen LogP contribution in [0, 0.1) is 5.92 Å². The van der Waals surface area contributed by atoms with Gasteiger partial charge in [0, 0.05) is 12.5 Å². The molecular weight excluding hydrogens is 352 g/mol. The summed E-state index contributed by atoms with van der Waals surface area (Å²) in [4.78, 5) is 0. The van der Waals surface area contributed by atoms with Gasteiger partial charge in [0.1, 0.15) is 0 Å². The Bertz CT molecular complexity index is 493. The molecule has 0 aromatic heterocycles. The molecule has 0 heterocycles. The summed E-state index contributed by atoms with van der Waals surface area (Å²) < 4.78 is 1.18. The van der Waals surface area contributed by atoms with Gasteiger partial charge in [-0.2, -0.15) is 0 Å². The van der Waals surface area contributed by atoms with E-state index in [9.17, 15) is 0 Å².